The third kappa shape index (κ3) is 3.96. The first-order valence-corrected chi connectivity index (χ1v) is 8.23. The van der Waals surface area contributed by atoms with Crippen molar-refractivity contribution < 1.29 is 14.3 Å². The van der Waals surface area contributed by atoms with E-state index >= 15 is 0 Å². The summed E-state index contributed by atoms with van der Waals surface area (Å²) < 4.78 is 10.5. The highest BCUT2D eigenvalue weighted by atomic mass is 16.5. The number of carbonyl (C=O) groups is 1. The van der Waals surface area contributed by atoms with Crippen molar-refractivity contribution in [2.75, 3.05) is 46.5 Å². The van der Waals surface area contributed by atoms with Gasteiger partial charge in [-0.3, -0.25) is 4.79 Å². The minimum absolute atomic E-state index is 0.0862. The lowest BCUT2D eigenvalue weighted by Crippen LogP contribution is -2.53. The van der Waals surface area contributed by atoms with Crippen molar-refractivity contribution in [3.05, 3.63) is 0 Å². The van der Waals surface area contributed by atoms with E-state index in [9.17, 15) is 4.79 Å². The molecule has 122 valence electrons. The van der Waals surface area contributed by atoms with E-state index < -0.39 is 5.41 Å². The summed E-state index contributed by atoms with van der Waals surface area (Å²) in [6.45, 7) is 9.95. The number of piperidine rings is 1. The van der Waals surface area contributed by atoms with Crippen LogP contribution in [-0.2, 0) is 14.3 Å². The summed E-state index contributed by atoms with van der Waals surface area (Å²) in [6.07, 6.45) is 2.67. The Hall–Kier alpha value is -0.650. The van der Waals surface area contributed by atoms with Gasteiger partial charge in [0.1, 0.15) is 0 Å². The molecule has 0 aromatic heterocycles. The molecule has 2 rings (SSSR count). The highest BCUT2D eigenvalue weighted by Gasteiger charge is 2.41. The number of nitrogens with one attached hydrogen (secondary N) is 1. The summed E-state index contributed by atoms with van der Waals surface area (Å²) in [4.78, 5) is 14.7. The fraction of sp³-hybridized carbons (Fsp3) is 0.938. The minimum atomic E-state index is -0.394. The SMILES string of the molecule is CCN1CC[C@@H](NCC2(C(=O)OC)CCOCC2)[C@@H](C)C1. The van der Waals surface area contributed by atoms with Crippen LogP contribution in [0, 0.1) is 11.3 Å². The Balaban J connectivity index is 1.91. The van der Waals surface area contributed by atoms with Crippen molar-refractivity contribution in [2.45, 2.75) is 39.2 Å². The maximum Gasteiger partial charge on any atom is 0.313 e. The molecular formula is C16H30N2O3. The van der Waals surface area contributed by atoms with Gasteiger partial charge in [0.15, 0.2) is 0 Å². The van der Waals surface area contributed by atoms with Gasteiger partial charge in [0, 0.05) is 32.3 Å². The van der Waals surface area contributed by atoms with Crippen molar-refractivity contribution in [1.82, 2.24) is 10.2 Å². The average molecular weight is 298 g/mol. The smallest absolute Gasteiger partial charge is 0.313 e. The number of methoxy groups -OCH3 is 1. The molecular weight excluding hydrogens is 268 g/mol. The largest absolute Gasteiger partial charge is 0.469 e. The van der Waals surface area contributed by atoms with E-state index in [4.69, 9.17) is 9.47 Å². The number of ether oxygens (including phenoxy) is 2. The Kier molecular flexibility index (Phi) is 6.02. The van der Waals surface area contributed by atoms with Gasteiger partial charge in [0.2, 0.25) is 0 Å². The highest BCUT2D eigenvalue weighted by Crippen LogP contribution is 2.32. The third-order valence-electron chi connectivity index (χ3n) is 5.21. The van der Waals surface area contributed by atoms with Crippen LogP contribution in [-0.4, -0.2) is 63.4 Å². The molecule has 0 unspecified atom stereocenters. The van der Waals surface area contributed by atoms with E-state index in [1.807, 2.05) is 0 Å². The predicted molar refractivity (Wildman–Crippen MR) is 82.2 cm³/mol. The van der Waals surface area contributed by atoms with E-state index in [-0.39, 0.29) is 5.97 Å². The lowest BCUT2D eigenvalue weighted by molar-refractivity contribution is -0.158. The van der Waals surface area contributed by atoms with Crippen LogP contribution in [0.2, 0.25) is 0 Å². The number of nitrogens with zero attached hydrogens (tertiary/aromatic N) is 1. The quantitative estimate of drug-likeness (QED) is 0.775. The Morgan fingerprint density at radius 2 is 2.14 bits per heavy atom. The molecule has 2 aliphatic rings. The molecule has 2 atom stereocenters. The van der Waals surface area contributed by atoms with Gasteiger partial charge in [0.25, 0.3) is 0 Å². The maximum absolute atomic E-state index is 12.2. The predicted octanol–water partition coefficient (Wildman–Crippen LogP) is 1.28. The minimum Gasteiger partial charge on any atom is -0.469 e. The first kappa shape index (κ1) is 16.7. The van der Waals surface area contributed by atoms with E-state index in [1.165, 1.54) is 7.11 Å². The van der Waals surface area contributed by atoms with Crippen LogP contribution in [0.15, 0.2) is 0 Å². The van der Waals surface area contributed by atoms with Crippen molar-refractivity contribution in [2.24, 2.45) is 11.3 Å². The summed E-state index contributed by atoms with van der Waals surface area (Å²) in [6, 6.07) is 0.497. The lowest BCUT2D eigenvalue weighted by atomic mass is 9.79. The second-order valence-electron chi connectivity index (χ2n) is 6.53. The van der Waals surface area contributed by atoms with Crippen molar-refractivity contribution in [3.8, 4) is 0 Å². The summed E-state index contributed by atoms with van der Waals surface area (Å²) in [5.41, 5.74) is -0.394. The molecule has 2 heterocycles. The molecule has 0 spiro atoms. The number of likely N-dealkylation sites (tertiary alicyclic amines) is 1. The number of hydrogen-bond acceptors (Lipinski definition) is 5. The molecule has 2 saturated heterocycles. The summed E-state index contributed by atoms with van der Waals surface area (Å²) >= 11 is 0. The van der Waals surface area contributed by atoms with Crippen LogP contribution in [0.3, 0.4) is 0 Å². The Bertz CT molecular complexity index is 342. The van der Waals surface area contributed by atoms with Crippen LogP contribution in [0.5, 0.6) is 0 Å². The van der Waals surface area contributed by atoms with E-state index in [2.05, 4.69) is 24.1 Å². The van der Waals surface area contributed by atoms with Crippen LogP contribution in [0.25, 0.3) is 0 Å². The van der Waals surface area contributed by atoms with Crippen molar-refractivity contribution in [3.63, 3.8) is 0 Å². The summed E-state index contributed by atoms with van der Waals surface area (Å²) in [5.74, 6) is 0.533. The van der Waals surface area contributed by atoms with E-state index in [1.54, 1.807) is 0 Å². The van der Waals surface area contributed by atoms with Gasteiger partial charge in [-0.25, -0.2) is 0 Å². The first-order valence-electron chi connectivity index (χ1n) is 8.23. The molecule has 0 aromatic carbocycles. The van der Waals surface area contributed by atoms with Crippen molar-refractivity contribution in [1.29, 1.82) is 0 Å². The molecule has 0 radical (unpaired) electrons. The molecule has 1 N–H and O–H groups in total. The monoisotopic (exact) mass is 298 g/mol. The number of esters is 1. The molecule has 2 fully saturated rings. The topological polar surface area (TPSA) is 50.8 Å². The maximum atomic E-state index is 12.2. The normalized spacial score (nSPS) is 30.0. The molecule has 21 heavy (non-hydrogen) atoms. The molecule has 0 aromatic rings. The van der Waals surface area contributed by atoms with Gasteiger partial charge < -0.3 is 19.7 Å². The Labute approximate surface area is 128 Å². The molecule has 0 bridgehead atoms. The molecule has 0 aliphatic carbocycles. The molecule has 0 amide bonds. The molecule has 5 heteroatoms. The van der Waals surface area contributed by atoms with Gasteiger partial charge in [-0.2, -0.15) is 0 Å². The van der Waals surface area contributed by atoms with E-state index in [0.717, 1.165) is 38.9 Å². The van der Waals surface area contributed by atoms with Gasteiger partial charge in [-0.05, 0) is 38.3 Å². The van der Waals surface area contributed by atoms with Crippen LogP contribution in [0.1, 0.15) is 33.1 Å². The summed E-state index contributed by atoms with van der Waals surface area (Å²) in [7, 11) is 1.49. The molecule has 5 nitrogen and oxygen atoms in total. The molecule has 0 saturated carbocycles. The van der Waals surface area contributed by atoms with E-state index in [0.29, 0.717) is 31.7 Å². The van der Waals surface area contributed by atoms with Gasteiger partial charge >= 0.3 is 5.97 Å². The second kappa shape index (κ2) is 7.56. The lowest BCUT2D eigenvalue weighted by Gasteiger charge is -2.40. The van der Waals surface area contributed by atoms with Crippen LogP contribution < -0.4 is 5.32 Å². The van der Waals surface area contributed by atoms with Gasteiger partial charge in [-0.15, -0.1) is 0 Å². The zero-order valence-electron chi connectivity index (χ0n) is 13.7. The Morgan fingerprint density at radius 3 is 2.71 bits per heavy atom. The van der Waals surface area contributed by atoms with Crippen molar-refractivity contribution >= 4 is 5.97 Å². The average Bonchev–Trinajstić information content (AvgIpc) is 2.53. The fourth-order valence-corrected chi connectivity index (χ4v) is 3.58. The molecule has 2 aliphatic heterocycles. The highest BCUT2D eigenvalue weighted by molar-refractivity contribution is 5.77. The van der Waals surface area contributed by atoms with Gasteiger partial charge in [0.05, 0.1) is 12.5 Å². The first-order chi connectivity index (χ1) is 10.1. The second-order valence-corrected chi connectivity index (χ2v) is 6.53. The number of hydrogen-bond donors (Lipinski definition) is 1. The Morgan fingerprint density at radius 1 is 1.43 bits per heavy atom. The summed E-state index contributed by atoms with van der Waals surface area (Å²) in [5, 5.41) is 3.66. The number of carbonyl (C=O) groups excluding carboxylic acids is 1. The standard InChI is InChI=1S/C16H30N2O3/c1-4-18-8-5-14(13(2)11-18)17-12-16(15(19)20-3)6-9-21-10-7-16/h13-14,17H,4-12H2,1-3H3/t13-,14+/m0/s1. The van der Waals surface area contributed by atoms with Crippen LogP contribution in [0.4, 0.5) is 0 Å². The van der Waals surface area contributed by atoms with Crippen LogP contribution >= 0.6 is 0 Å². The fourth-order valence-electron chi connectivity index (χ4n) is 3.58. The third-order valence-corrected chi connectivity index (χ3v) is 5.21. The van der Waals surface area contributed by atoms with Gasteiger partial charge in [-0.1, -0.05) is 13.8 Å². The zero-order chi connectivity index (χ0) is 15.3. The number of rotatable bonds is 5. The zero-order valence-corrected chi connectivity index (χ0v) is 13.7.